The van der Waals surface area contributed by atoms with Gasteiger partial charge in [-0.1, -0.05) is 53.7 Å². The minimum Gasteiger partial charge on any atom is -0.252 e. The maximum absolute atomic E-state index is 14.5. The zero-order valence-electron chi connectivity index (χ0n) is 19.4. The Morgan fingerprint density at radius 3 is 2.00 bits per heavy atom. The van der Waals surface area contributed by atoms with Crippen LogP contribution in [0.25, 0.3) is 16.1 Å². The maximum atomic E-state index is 14.5. The molecule has 0 bridgehead atoms. The second-order valence-corrected chi connectivity index (χ2v) is 11.0. The molecule has 0 atom stereocenters. The van der Waals surface area contributed by atoms with Crippen LogP contribution in [0.15, 0.2) is 59.6 Å². The summed E-state index contributed by atoms with van der Waals surface area (Å²) in [6.07, 6.45) is 3.21. The van der Waals surface area contributed by atoms with E-state index in [1.54, 1.807) is 12.1 Å². The van der Waals surface area contributed by atoms with E-state index in [0.29, 0.717) is 10.0 Å². The number of aromatic nitrogens is 1. The van der Waals surface area contributed by atoms with E-state index in [1.165, 1.54) is 11.3 Å². The molecule has 1 saturated heterocycles. The number of halogens is 6. The van der Waals surface area contributed by atoms with E-state index in [-0.39, 0.29) is 0 Å². The highest BCUT2D eigenvalue weighted by molar-refractivity contribution is 7.98. The molecule has 1 fully saturated rings. The molecule has 1 aliphatic rings. The third-order valence-electron chi connectivity index (χ3n) is 6.18. The molecule has 1 aromatic heterocycles. The first-order valence-corrected chi connectivity index (χ1v) is 13.8. The molecule has 0 aliphatic carbocycles. The van der Waals surface area contributed by atoms with Gasteiger partial charge in [0.25, 0.3) is 0 Å². The van der Waals surface area contributed by atoms with Crippen molar-refractivity contribution in [3.63, 3.8) is 0 Å². The van der Waals surface area contributed by atoms with E-state index in [0.717, 1.165) is 65.4 Å². The highest BCUT2D eigenvalue weighted by atomic mass is 35.5. The summed E-state index contributed by atoms with van der Waals surface area (Å²) in [6, 6.07) is 16.7. The van der Waals surface area contributed by atoms with Gasteiger partial charge in [-0.15, -0.1) is 0 Å². The number of para-hydroxylation sites is 1. The Morgan fingerprint density at radius 2 is 1.38 bits per heavy atom. The number of nitrogens with zero attached hydrogens (tertiary/aromatic N) is 2. The van der Waals surface area contributed by atoms with Gasteiger partial charge in [0.05, 0.1) is 18.0 Å². The molecule has 0 N–H and O–H groups in total. The van der Waals surface area contributed by atoms with Crippen molar-refractivity contribution in [2.24, 2.45) is 0 Å². The highest BCUT2D eigenvalue weighted by Gasteiger charge is 2.33. The lowest BCUT2D eigenvalue weighted by Crippen LogP contribution is -2.41. The molecule has 5 rings (SSSR count). The maximum Gasteiger partial charge on any atom is 0.342 e. The van der Waals surface area contributed by atoms with Crippen molar-refractivity contribution >= 4 is 39.8 Å². The molecule has 0 unspecified atom stereocenters. The Hall–Kier alpha value is -2.62. The summed E-state index contributed by atoms with van der Waals surface area (Å²) >= 11 is 8.67. The van der Waals surface area contributed by atoms with Gasteiger partial charge in [0.15, 0.2) is 28.3 Å². The second-order valence-electron chi connectivity index (χ2n) is 8.58. The third kappa shape index (κ3) is 5.09. The fourth-order valence-corrected chi connectivity index (χ4v) is 7.10. The first kappa shape index (κ1) is 26.0. The van der Waals surface area contributed by atoms with Crippen LogP contribution < -0.4 is 9.47 Å². The number of anilines is 1. The van der Waals surface area contributed by atoms with Crippen molar-refractivity contribution in [3.8, 4) is 16.1 Å². The van der Waals surface area contributed by atoms with Crippen LogP contribution in [0.1, 0.15) is 24.8 Å². The minimum absolute atomic E-state index is 0.449. The van der Waals surface area contributed by atoms with Crippen LogP contribution in [0, 0.1) is 29.1 Å². The van der Waals surface area contributed by atoms with E-state index in [1.807, 2.05) is 47.0 Å². The van der Waals surface area contributed by atoms with Gasteiger partial charge >= 0.3 is 5.13 Å². The van der Waals surface area contributed by atoms with E-state index in [4.69, 9.17) is 11.6 Å². The zero-order valence-corrected chi connectivity index (χ0v) is 21.8. The molecule has 4 aromatic rings. The van der Waals surface area contributed by atoms with Gasteiger partial charge in [0.2, 0.25) is 5.82 Å². The van der Waals surface area contributed by atoms with E-state index >= 15 is 0 Å². The predicted octanol–water partition coefficient (Wildman–Crippen LogP) is 8.32. The Morgan fingerprint density at radius 1 is 0.784 bits per heavy atom. The molecular weight excluding hydrogens is 547 g/mol. The lowest BCUT2D eigenvalue weighted by Gasteiger charge is -2.21. The van der Waals surface area contributed by atoms with Crippen molar-refractivity contribution in [2.45, 2.75) is 30.0 Å². The third-order valence-corrected chi connectivity index (χ3v) is 8.91. The fourth-order valence-electron chi connectivity index (χ4n) is 4.30. The summed E-state index contributed by atoms with van der Waals surface area (Å²) < 4.78 is 72.5. The van der Waals surface area contributed by atoms with Crippen LogP contribution in [0.4, 0.5) is 27.1 Å². The predicted molar refractivity (Wildman–Crippen MR) is 138 cm³/mol. The number of rotatable bonds is 6. The summed E-state index contributed by atoms with van der Waals surface area (Å²) in [7, 11) is 0. The normalized spacial score (nSPS) is 13.8. The lowest BCUT2D eigenvalue weighted by molar-refractivity contribution is -0.617. The molecule has 2 heterocycles. The Balaban J connectivity index is 1.68. The van der Waals surface area contributed by atoms with Gasteiger partial charge in [0, 0.05) is 16.3 Å². The number of thioether (sulfide) groups is 1. The zero-order chi connectivity index (χ0) is 26.1. The summed E-state index contributed by atoms with van der Waals surface area (Å²) in [6.45, 7) is 1.71. The number of hydrogen-bond acceptors (Lipinski definition) is 3. The fraction of sp³-hybridized carbons (Fsp3) is 0.222. The first-order chi connectivity index (χ1) is 17.9. The lowest BCUT2D eigenvalue weighted by atomic mass is 10.1. The van der Waals surface area contributed by atoms with Crippen LogP contribution in [0.2, 0.25) is 5.02 Å². The Labute approximate surface area is 224 Å². The quantitative estimate of drug-likeness (QED) is 0.0760. The number of piperidine rings is 1. The highest BCUT2D eigenvalue weighted by Crippen LogP contribution is 2.42. The van der Waals surface area contributed by atoms with Crippen molar-refractivity contribution in [1.82, 2.24) is 0 Å². The minimum atomic E-state index is -2.16. The summed E-state index contributed by atoms with van der Waals surface area (Å²) in [4.78, 5) is 3.10. The molecule has 10 heteroatoms. The Kier molecular flexibility index (Phi) is 7.74. The molecule has 0 amide bonds. The largest absolute Gasteiger partial charge is 0.342 e. The molecule has 0 spiro atoms. The van der Waals surface area contributed by atoms with Crippen LogP contribution >= 0.6 is 34.7 Å². The SMILES string of the molecule is Fc1c(F)c(F)c(CSc2c(-c3ccc(Cl)cc3)sc(N3CCCCC3)[n+]2-c2ccccc2)c(F)c1F. The van der Waals surface area contributed by atoms with Gasteiger partial charge in [-0.25, -0.2) is 22.0 Å². The summed E-state index contributed by atoms with van der Waals surface area (Å²) in [5.41, 5.74) is 0.815. The molecule has 0 radical (unpaired) electrons. The molecule has 3 aromatic carbocycles. The molecule has 2 nitrogen and oxygen atoms in total. The summed E-state index contributed by atoms with van der Waals surface area (Å²) in [5.74, 6) is -10.1. The van der Waals surface area contributed by atoms with E-state index in [9.17, 15) is 22.0 Å². The van der Waals surface area contributed by atoms with Crippen LogP contribution in [-0.2, 0) is 5.75 Å². The van der Waals surface area contributed by atoms with Crippen molar-refractivity contribution in [2.75, 3.05) is 18.0 Å². The standard InChI is InChI=1S/C27H21ClF5N2S2/c28-17-11-9-16(10-12-17)25-26(36-15-19-20(29)22(31)24(33)23(32)21(19)30)35(18-7-3-1-4-8-18)27(37-25)34-13-5-2-6-14-34/h1,3-4,7-12H,2,5-6,13-15H2/q+1. The Bertz CT molecular complexity index is 1390. The number of hydrogen-bond donors (Lipinski definition) is 0. The monoisotopic (exact) mass is 567 g/mol. The van der Waals surface area contributed by atoms with Crippen LogP contribution in [0.5, 0.6) is 0 Å². The number of benzene rings is 3. The van der Waals surface area contributed by atoms with Gasteiger partial charge < -0.3 is 0 Å². The molecule has 1 aliphatic heterocycles. The number of thiazole rings is 1. The van der Waals surface area contributed by atoms with E-state index in [2.05, 4.69) is 4.90 Å². The summed E-state index contributed by atoms with van der Waals surface area (Å²) in [5, 5.41) is 2.14. The van der Waals surface area contributed by atoms with E-state index < -0.39 is 40.4 Å². The average Bonchev–Trinajstić information content (AvgIpc) is 3.31. The van der Waals surface area contributed by atoms with Gasteiger partial charge in [-0.3, -0.25) is 4.90 Å². The average molecular weight is 568 g/mol. The topological polar surface area (TPSA) is 7.12 Å². The van der Waals surface area contributed by atoms with Crippen LogP contribution in [-0.4, -0.2) is 13.1 Å². The molecule has 0 saturated carbocycles. The molecule has 37 heavy (non-hydrogen) atoms. The van der Waals surface area contributed by atoms with Crippen molar-refractivity contribution in [3.05, 3.63) is 94.3 Å². The first-order valence-electron chi connectivity index (χ1n) is 11.6. The van der Waals surface area contributed by atoms with Gasteiger partial charge in [0.1, 0.15) is 5.69 Å². The van der Waals surface area contributed by atoms with Crippen molar-refractivity contribution < 1.29 is 26.5 Å². The second kappa shape index (κ2) is 11.0. The van der Waals surface area contributed by atoms with Crippen LogP contribution in [0.3, 0.4) is 0 Å². The van der Waals surface area contributed by atoms with Crippen molar-refractivity contribution in [1.29, 1.82) is 0 Å². The smallest absolute Gasteiger partial charge is 0.252 e. The van der Waals surface area contributed by atoms with Gasteiger partial charge in [-0.05, 0) is 60.4 Å². The van der Waals surface area contributed by atoms with Gasteiger partial charge in [-0.2, -0.15) is 4.57 Å². The molecular formula is C27H21ClF5N2S2+. The molecule has 192 valence electrons.